The smallest absolute Gasteiger partial charge is 0.308 e. The summed E-state index contributed by atoms with van der Waals surface area (Å²) in [5, 5.41) is 0. The molecule has 0 aliphatic rings. The number of rotatable bonds is 4. The maximum absolute atomic E-state index is 11.1. The fourth-order valence-corrected chi connectivity index (χ4v) is 0.561. The third-order valence-electron chi connectivity index (χ3n) is 1.50. The summed E-state index contributed by atoms with van der Waals surface area (Å²) in [5.41, 5.74) is -0.562. The van der Waals surface area contributed by atoms with Crippen LogP contribution < -0.4 is 0 Å². The monoisotopic (exact) mass is 227 g/mol. The van der Waals surface area contributed by atoms with E-state index in [4.69, 9.17) is 28.3 Å². The molecule has 3 nitrogen and oxygen atoms in total. The Morgan fingerprint density at radius 2 is 1.92 bits per heavy atom. The predicted octanol–water partition coefficient (Wildman–Crippen LogP) is 2.57. The summed E-state index contributed by atoms with van der Waals surface area (Å²) in [6.07, 6.45) is 0. The molecule has 0 aromatic heterocycles. The number of ether oxygens (including phenoxy) is 1. The topological polar surface area (TPSA) is 29.5 Å². The molecule has 0 unspecified atom stereocenters. The summed E-state index contributed by atoms with van der Waals surface area (Å²) in [6, 6.07) is 0. The molecule has 0 saturated heterocycles. The van der Waals surface area contributed by atoms with Crippen molar-refractivity contribution in [3.05, 3.63) is 0 Å². The van der Waals surface area contributed by atoms with Crippen molar-refractivity contribution in [2.45, 2.75) is 33.2 Å². The van der Waals surface area contributed by atoms with E-state index < -0.39 is 5.54 Å². The lowest BCUT2D eigenvalue weighted by Crippen LogP contribution is -2.37. The van der Waals surface area contributed by atoms with Crippen LogP contribution in [0.25, 0.3) is 0 Å². The fraction of sp³-hybridized carbons (Fsp3) is 0.875. The molecule has 0 aromatic carbocycles. The van der Waals surface area contributed by atoms with Gasteiger partial charge in [-0.2, -0.15) is 0 Å². The van der Waals surface area contributed by atoms with Crippen molar-refractivity contribution in [2.24, 2.45) is 5.92 Å². The molecule has 5 heteroatoms. The first-order valence-electron chi connectivity index (χ1n) is 4.06. The molecular formula is C8H15Cl2NO2. The maximum atomic E-state index is 11.1. The summed E-state index contributed by atoms with van der Waals surface area (Å²) in [7, 11) is 0. The van der Waals surface area contributed by atoms with Crippen molar-refractivity contribution in [2.75, 3.05) is 6.61 Å². The van der Waals surface area contributed by atoms with Crippen LogP contribution in [0.2, 0.25) is 0 Å². The van der Waals surface area contributed by atoms with Crippen LogP contribution in [0.4, 0.5) is 0 Å². The molecule has 13 heavy (non-hydrogen) atoms. The molecule has 0 aliphatic heterocycles. The molecule has 0 aromatic rings. The van der Waals surface area contributed by atoms with Gasteiger partial charge in [-0.1, -0.05) is 13.8 Å². The van der Waals surface area contributed by atoms with Gasteiger partial charge < -0.3 is 4.74 Å². The highest BCUT2D eigenvalue weighted by Crippen LogP contribution is 2.20. The van der Waals surface area contributed by atoms with E-state index >= 15 is 0 Å². The Morgan fingerprint density at radius 3 is 2.23 bits per heavy atom. The summed E-state index contributed by atoms with van der Waals surface area (Å²) >= 11 is 11.1. The number of carbonyl (C=O) groups excluding carboxylic acids is 1. The van der Waals surface area contributed by atoms with Crippen molar-refractivity contribution in [3.8, 4) is 0 Å². The number of halogens is 2. The lowest BCUT2D eigenvalue weighted by molar-refractivity contribution is -0.149. The highest BCUT2D eigenvalue weighted by Gasteiger charge is 2.26. The number of hydrogen-bond acceptors (Lipinski definition) is 3. The van der Waals surface area contributed by atoms with E-state index in [1.807, 2.05) is 0 Å². The van der Waals surface area contributed by atoms with E-state index in [-0.39, 0.29) is 18.5 Å². The first-order valence-corrected chi connectivity index (χ1v) is 4.73. The molecule has 0 aliphatic carbocycles. The molecule has 0 heterocycles. The van der Waals surface area contributed by atoms with E-state index in [0.717, 1.165) is 3.94 Å². The Bertz CT molecular complexity index is 181. The predicted molar refractivity (Wildman–Crippen MR) is 53.4 cm³/mol. The summed E-state index contributed by atoms with van der Waals surface area (Å²) in [5.74, 6) is -0.377. The third-order valence-corrected chi connectivity index (χ3v) is 2.41. The van der Waals surface area contributed by atoms with Gasteiger partial charge >= 0.3 is 5.97 Å². The van der Waals surface area contributed by atoms with E-state index in [1.54, 1.807) is 27.7 Å². The Morgan fingerprint density at radius 1 is 1.46 bits per heavy atom. The molecule has 0 fully saturated rings. The molecule has 0 bridgehead atoms. The van der Waals surface area contributed by atoms with Gasteiger partial charge in [-0.3, -0.25) is 4.79 Å². The van der Waals surface area contributed by atoms with E-state index in [9.17, 15) is 4.79 Å². The lowest BCUT2D eigenvalue weighted by Gasteiger charge is -2.26. The minimum Gasteiger partial charge on any atom is -0.463 e. The number of nitrogens with zero attached hydrogens (tertiary/aromatic N) is 1. The number of carbonyl (C=O) groups is 1. The van der Waals surface area contributed by atoms with E-state index in [1.165, 1.54) is 0 Å². The van der Waals surface area contributed by atoms with Crippen molar-refractivity contribution in [1.29, 1.82) is 0 Å². The fourth-order valence-electron chi connectivity index (χ4n) is 0.463. The largest absolute Gasteiger partial charge is 0.463 e. The molecule has 0 spiro atoms. The molecule has 0 saturated carbocycles. The van der Waals surface area contributed by atoms with Gasteiger partial charge in [-0.05, 0) is 37.4 Å². The standard InChI is InChI=1S/C8H15Cl2NO2/c1-6(2)7(12)13-5-8(3,4)11(9)10/h6H,5H2,1-4H3. The van der Waals surface area contributed by atoms with E-state index in [0.29, 0.717) is 0 Å². The van der Waals surface area contributed by atoms with Crippen molar-refractivity contribution in [3.63, 3.8) is 0 Å². The van der Waals surface area contributed by atoms with Gasteiger partial charge in [0.2, 0.25) is 0 Å². The third kappa shape index (κ3) is 4.69. The van der Waals surface area contributed by atoms with Gasteiger partial charge in [0.1, 0.15) is 6.61 Å². The van der Waals surface area contributed by atoms with Gasteiger partial charge in [-0.15, -0.1) is 3.94 Å². The number of esters is 1. The minimum absolute atomic E-state index is 0.130. The van der Waals surface area contributed by atoms with Gasteiger partial charge in [0.05, 0.1) is 11.5 Å². The van der Waals surface area contributed by atoms with Crippen LogP contribution in [0.3, 0.4) is 0 Å². The number of hydrogen-bond donors (Lipinski definition) is 0. The Labute approximate surface area is 89.2 Å². The van der Waals surface area contributed by atoms with Crippen LogP contribution in [0.15, 0.2) is 0 Å². The maximum Gasteiger partial charge on any atom is 0.308 e. The van der Waals surface area contributed by atoms with Crippen molar-refractivity contribution in [1.82, 2.24) is 3.94 Å². The second kappa shape index (κ2) is 5.03. The van der Waals surface area contributed by atoms with Crippen LogP contribution in [0, 0.1) is 5.92 Å². The quantitative estimate of drug-likeness (QED) is 0.547. The Hall–Kier alpha value is 0.01000. The van der Waals surface area contributed by atoms with Gasteiger partial charge in [0.25, 0.3) is 0 Å². The molecule has 0 N–H and O–H groups in total. The zero-order chi connectivity index (χ0) is 10.6. The van der Waals surface area contributed by atoms with E-state index in [2.05, 4.69) is 0 Å². The van der Waals surface area contributed by atoms with Gasteiger partial charge in [0, 0.05) is 0 Å². The van der Waals surface area contributed by atoms with Crippen molar-refractivity contribution >= 4 is 29.5 Å². The second-order valence-corrected chi connectivity index (χ2v) is 4.66. The van der Waals surface area contributed by atoms with Crippen LogP contribution in [-0.2, 0) is 9.53 Å². The molecule has 78 valence electrons. The van der Waals surface area contributed by atoms with Crippen LogP contribution in [0.5, 0.6) is 0 Å². The summed E-state index contributed by atoms with van der Waals surface area (Å²) < 4.78 is 5.97. The first kappa shape index (κ1) is 13.0. The molecule has 0 rings (SSSR count). The zero-order valence-electron chi connectivity index (χ0n) is 8.30. The van der Waals surface area contributed by atoms with Crippen LogP contribution in [0.1, 0.15) is 27.7 Å². The SMILES string of the molecule is CC(C)C(=O)OCC(C)(C)N(Cl)Cl. The lowest BCUT2D eigenvalue weighted by atomic mass is 10.1. The Kier molecular flexibility index (Phi) is 5.04. The average molecular weight is 228 g/mol. The molecule has 0 radical (unpaired) electrons. The van der Waals surface area contributed by atoms with Gasteiger partial charge in [-0.25, -0.2) is 0 Å². The van der Waals surface area contributed by atoms with Crippen molar-refractivity contribution < 1.29 is 9.53 Å². The molecular weight excluding hydrogens is 213 g/mol. The first-order chi connectivity index (χ1) is 5.77. The average Bonchev–Trinajstić information content (AvgIpc) is 1.99. The van der Waals surface area contributed by atoms with Gasteiger partial charge in [0.15, 0.2) is 0 Å². The van der Waals surface area contributed by atoms with Crippen LogP contribution in [-0.4, -0.2) is 22.1 Å². The summed E-state index contributed by atoms with van der Waals surface area (Å²) in [6.45, 7) is 7.28. The Balaban J connectivity index is 3.95. The summed E-state index contributed by atoms with van der Waals surface area (Å²) in [4.78, 5) is 11.1. The molecule has 0 amide bonds. The molecule has 0 atom stereocenters. The highest BCUT2D eigenvalue weighted by atomic mass is 35.5. The minimum atomic E-state index is -0.562. The second-order valence-electron chi connectivity index (χ2n) is 3.81. The van der Waals surface area contributed by atoms with Crippen LogP contribution >= 0.6 is 23.6 Å². The highest BCUT2D eigenvalue weighted by molar-refractivity contribution is 6.34. The zero-order valence-corrected chi connectivity index (χ0v) is 9.82. The normalized spacial score (nSPS) is 12.3.